The summed E-state index contributed by atoms with van der Waals surface area (Å²) in [6, 6.07) is 24.5. The van der Waals surface area contributed by atoms with E-state index in [0.29, 0.717) is 23.5 Å². The predicted octanol–water partition coefficient (Wildman–Crippen LogP) is 4.61. The van der Waals surface area contributed by atoms with E-state index in [2.05, 4.69) is 12.2 Å². The van der Waals surface area contributed by atoms with Gasteiger partial charge in [-0.2, -0.15) is 0 Å². The summed E-state index contributed by atoms with van der Waals surface area (Å²) in [5, 5.41) is 2.92. The Balaban J connectivity index is 1.69. The molecular weight excluding hydrogens is 388 g/mol. The smallest absolute Gasteiger partial charge is 0.267 e. The van der Waals surface area contributed by atoms with Crippen molar-refractivity contribution in [3.05, 3.63) is 95.6 Å². The standard InChI is InChI=1S/C26H28N2O3/c1-4-20-14-16-22(17-15-20)31-19(2)26(30)28(3)24-13-9-8-12-23(24)25(29)27-18-21-10-6-5-7-11-21/h5-17,19H,4,18H2,1-3H3,(H,27,29)/t19-/m0/s1. The van der Waals surface area contributed by atoms with Crippen LogP contribution in [0.15, 0.2) is 78.9 Å². The van der Waals surface area contributed by atoms with Gasteiger partial charge in [-0.15, -0.1) is 0 Å². The Bertz CT molecular complexity index is 1020. The van der Waals surface area contributed by atoms with E-state index in [1.807, 2.05) is 60.7 Å². The summed E-state index contributed by atoms with van der Waals surface area (Å²) in [6.07, 6.45) is 0.249. The molecule has 0 spiro atoms. The van der Waals surface area contributed by atoms with Crippen LogP contribution in [0.3, 0.4) is 0 Å². The third kappa shape index (κ3) is 5.72. The first-order valence-corrected chi connectivity index (χ1v) is 10.4. The van der Waals surface area contributed by atoms with Gasteiger partial charge in [0, 0.05) is 13.6 Å². The molecule has 0 saturated heterocycles. The van der Waals surface area contributed by atoms with Crippen molar-refractivity contribution in [3.63, 3.8) is 0 Å². The molecule has 0 aliphatic carbocycles. The molecule has 0 saturated carbocycles. The molecule has 1 N–H and O–H groups in total. The molecule has 3 rings (SSSR count). The number of nitrogens with zero attached hydrogens (tertiary/aromatic N) is 1. The zero-order valence-electron chi connectivity index (χ0n) is 18.2. The van der Waals surface area contributed by atoms with Crippen LogP contribution in [-0.4, -0.2) is 25.0 Å². The number of nitrogens with one attached hydrogen (secondary N) is 1. The maximum absolute atomic E-state index is 13.0. The number of likely N-dealkylation sites (N-methyl/N-ethyl adjacent to an activating group) is 1. The van der Waals surface area contributed by atoms with Crippen molar-refractivity contribution in [1.82, 2.24) is 5.32 Å². The molecule has 0 unspecified atom stereocenters. The van der Waals surface area contributed by atoms with Gasteiger partial charge < -0.3 is 15.0 Å². The van der Waals surface area contributed by atoms with E-state index in [-0.39, 0.29) is 11.8 Å². The minimum Gasteiger partial charge on any atom is -0.481 e. The number of anilines is 1. The number of para-hydroxylation sites is 1. The summed E-state index contributed by atoms with van der Waals surface area (Å²) in [6.45, 7) is 4.22. The minimum atomic E-state index is -0.696. The van der Waals surface area contributed by atoms with E-state index in [9.17, 15) is 9.59 Å². The molecule has 2 amide bonds. The highest BCUT2D eigenvalue weighted by Crippen LogP contribution is 2.22. The summed E-state index contributed by atoms with van der Waals surface area (Å²) >= 11 is 0. The van der Waals surface area contributed by atoms with E-state index in [1.54, 1.807) is 32.2 Å². The zero-order chi connectivity index (χ0) is 22.2. The lowest BCUT2D eigenvalue weighted by molar-refractivity contribution is -0.124. The molecule has 0 fully saturated rings. The van der Waals surface area contributed by atoms with E-state index in [1.165, 1.54) is 10.5 Å². The second-order valence-electron chi connectivity index (χ2n) is 7.34. The Morgan fingerprint density at radius 3 is 2.23 bits per heavy atom. The highest BCUT2D eigenvalue weighted by molar-refractivity contribution is 6.05. The van der Waals surface area contributed by atoms with Crippen molar-refractivity contribution in [2.45, 2.75) is 32.9 Å². The van der Waals surface area contributed by atoms with Gasteiger partial charge in [0.15, 0.2) is 6.10 Å². The number of amides is 2. The Hall–Kier alpha value is -3.60. The monoisotopic (exact) mass is 416 g/mol. The Morgan fingerprint density at radius 1 is 0.903 bits per heavy atom. The lowest BCUT2D eigenvalue weighted by Gasteiger charge is -2.24. The molecule has 1 atom stereocenters. The van der Waals surface area contributed by atoms with Crippen LogP contribution in [0.5, 0.6) is 5.75 Å². The first-order valence-electron chi connectivity index (χ1n) is 10.4. The second-order valence-corrected chi connectivity index (χ2v) is 7.34. The minimum absolute atomic E-state index is 0.233. The van der Waals surface area contributed by atoms with Gasteiger partial charge in [0.05, 0.1) is 11.3 Å². The van der Waals surface area contributed by atoms with Crippen LogP contribution >= 0.6 is 0 Å². The maximum Gasteiger partial charge on any atom is 0.267 e. The molecule has 31 heavy (non-hydrogen) atoms. The van der Waals surface area contributed by atoms with Gasteiger partial charge in [-0.05, 0) is 48.7 Å². The molecule has 0 aromatic heterocycles. The van der Waals surface area contributed by atoms with Crippen LogP contribution < -0.4 is 15.0 Å². The fourth-order valence-corrected chi connectivity index (χ4v) is 3.28. The number of benzene rings is 3. The third-order valence-corrected chi connectivity index (χ3v) is 5.13. The molecule has 0 bridgehead atoms. The number of aryl methyl sites for hydroxylation is 1. The maximum atomic E-state index is 13.0. The zero-order valence-corrected chi connectivity index (χ0v) is 18.2. The van der Waals surface area contributed by atoms with Crippen molar-refractivity contribution in [3.8, 4) is 5.75 Å². The molecule has 5 heteroatoms. The first-order chi connectivity index (χ1) is 15.0. The average molecular weight is 417 g/mol. The summed E-state index contributed by atoms with van der Waals surface area (Å²) < 4.78 is 5.83. The fourth-order valence-electron chi connectivity index (χ4n) is 3.28. The normalized spacial score (nSPS) is 11.5. The molecule has 5 nitrogen and oxygen atoms in total. The lowest BCUT2D eigenvalue weighted by atomic mass is 10.1. The Kier molecular flexibility index (Phi) is 7.44. The molecule has 0 aliphatic rings. The lowest BCUT2D eigenvalue weighted by Crippen LogP contribution is -2.39. The summed E-state index contributed by atoms with van der Waals surface area (Å²) in [5.41, 5.74) is 3.19. The highest BCUT2D eigenvalue weighted by atomic mass is 16.5. The van der Waals surface area contributed by atoms with Crippen LogP contribution in [0.25, 0.3) is 0 Å². The molecule has 160 valence electrons. The third-order valence-electron chi connectivity index (χ3n) is 5.13. The van der Waals surface area contributed by atoms with Gasteiger partial charge >= 0.3 is 0 Å². The largest absolute Gasteiger partial charge is 0.481 e. The number of ether oxygens (including phenoxy) is 1. The topological polar surface area (TPSA) is 58.6 Å². The quantitative estimate of drug-likeness (QED) is 0.583. The van der Waals surface area contributed by atoms with Crippen molar-refractivity contribution in [2.75, 3.05) is 11.9 Å². The van der Waals surface area contributed by atoms with E-state index in [0.717, 1.165) is 12.0 Å². The predicted molar refractivity (Wildman–Crippen MR) is 123 cm³/mol. The van der Waals surface area contributed by atoms with Crippen molar-refractivity contribution in [1.29, 1.82) is 0 Å². The van der Waals surface area contributed by atoms with Gasteiger partial charge in [-0.3, -0.25) is 9.59 Å². The summed E-state index contributed by atoms with van der Waals surface area (Å²) in [5.74, 6) is 0.172. The average Bonchev–Trinajstić information content (AvgIpc) is 2.82. The molecule has 3 aromatic rings. The number of hydrogen-bond acceptors (Lipinski definition) is 3. The van der Waals surface area contributed by atoms with Crippen LogP contribution in [0, 0.1) is 0 Å². The van der Waals surface area contributed by atoms with Crippen LogP contribution in [0.2, 0.25) is 0 Å². The van der Waals surface area contributed by atoms with Crippen LogP contribution in [-0.2, 0) is 17.8 Å². The number of carbonyl (C=O) groups excluding carboxylic acids is 2. The fraction of sp³-hybridized carbons (Fsp3) is 0.231. The van der Waals surface area contributed by atoms with Crippen LogP contribution in [0.4, 0.5) is 5.69 Å². The van der Waals surface area contributed by atoms with Gasteiger partial charge in [-0.25, -0.2) is 0 Å². The molecule has 3 aromatic carbocycles. The number of rotatable bonds is 8. The molecule has 0 heterocycles. The Labute approximate surface area is 183 Å². The van der Waals surface area contributed by atoms with Crippen molar-refractivity contribution >= 4 is 17.5 Å². The van der Waals surface area contributed by atoms with Gasteiger partial charge in [0.2, 0.25) is 0 Å². The van der Waals surface area contributed by atoms with Crippen molar-refractivity contribution < 1.29 is 14.3 Å². The molecule has 0 radical (unpaired) electrons. The highest BCUT2D eigenvalue weighted by Gasteiger charge is 2.24. The molecule has 0 aliphatic heterocycles. The SMILES string of the molecule is CCc1ccc(O[C@@H](C)C(=O)N(C)c2ccccc2C(=O)NCc2ccccc2)cc1. The van der Waals surface area contributed by atoms with Gasteiger partial charge in [0.1, 0.15) is 5.75 Å². The van der Waals surface area contributed by atoms with Crippen LogP contribution in [0.1, 0.15) is 35.3 Å². The molecular formula is C26H28N2O3. The second kappa shape index (κ2) is 10.4. The van der Waals surface area contributed by atoms with Gasteiger partial charge in [0.25, 0.3) is 11.8 Å². The summed E-state index contributed by atoms with van der Waals surface area (Å²) in [7, 11) is 1.66. The van der Waals surface area contributed by atoms with E-state index in [4.69, 9.17) is 4.74 Å². The van der Waals surface area contributed by atoms with Crippen molar-refractivity contribution in [2.24, 2.45) is 0 Å². The van der Waals surface area contributed by atoms with E-state index < -0.39 is 6.10 Å². The number of carbonyl (C=O) groups is 2. The summed E-state index contributed by atoms with van der Waals surface area (Å²) in [4.78, 5) is 27.3. The van der Waals surface area contributed by atoms with Gasteiger partial charge in [-0.1, -0.05) is 61.5 Å². The number of hydrogen-bond donors (Lipinski definition) is 1. The van der Waals surface area contributed by atoms with E-state index >= 15 is 0 Å². The first kappa shape index (κ1) is 22.1. The Morgan fingerprint density at radius 2 is 1.55 bits per heavy atom.